The molecule has 0 aliphatic carbocycles. The van der Waals surface area contributed by atoms with Crippen molar-refractivity contribution in [2.75, 3.05) is 12.8 Å². The summed E-state index contributed by atoms with van der Waals surface area (Å²) in [6, 6.07) is 10.8. The summed E-state index contributed by atoms with van der Waals surface area (Å²) >= 11 is 0. The van der Waals surface area contributed by atoms with Gasteiger partial charge in [-0.3, -0.25) is 4.79 Å². The molecule has 0 fully saturated rings. The van der Waals surface area contributed by atoms with Gasteiger partial charge >= 0.3 is 0 Å². The van der Waals surface area contributed by atoms with Crippen molar-refractivity contribution in [2.45, 2.75) is 13.1 Å². The van der Waals surface area contributed by atoms with Crippen molar-refractivity contribution in [1.82, 2.24) is 20.6 Å². The SMILES string of the molecule is CNC(=O)c1nc(-c2cccc(CNCc3cc(F)ccc3F)c2)cnc1N. The zero-order valence-electron chi connectivity index (χ0n) is 15.2. The number of aromatic nitrogens is 2. The van der Waals surface area contributed by atoms with Crippen LogP contribution in [0.4, 0.5) is 14.6 Å². The Hall–Kier alpha value is -3.39. The molecular formula is C20H19F2N5O. The van der Waals surface area contributed by atoms with Crippen molar-refractivity contribution in [3.63, 3.8) is 0 Å². The predicted molar refractivity (Wildman–Crippen MR) is 102 cm³/mol. The van der Waals surface area contributed by atoms with E-state index in [9.17, 15) is 13.6 Å². The first-order chi connectivity index (χ1) is 13.5. The molecule has 0 aliphatic rings. The van der Waals surface area contributed by atoms with Crippen LogP contribution in [0.25, 0.3) is 11.3 Å². The molecule has 0 saturated carbocycles. The lowest BCUT2D eigenvalue weighted by Gasteiger charge is -2.09. The number of benzene rings is 2. The molecule has 1 amide bonds. The minimum Gasteiger partial charge on any atom is -0.382 e. The first-order valence-corrected chi connectivity index (χ1v) is 8.56. The van der Waals surface area contributed by atoms with E-state index in [-0.39, 0.29) is 23.6 Å². The fourth-order valence-electron chi connectivity index (χ4n) is 2.68. The molecule has 1 aromatic heterocycles. The van der Waals surface area contributed by atoms with Gasteiger partial charge in [-0.05, 0) is 29.8 Å². The summed E-state index contributed by atoms with van der Waals surface area (Å²) in [6.45, 7) is 0.630. The number of carbonyl (C=O) groups excluding carboxylic acids is 1. The topological polar surface area (TPSA) is 92.9 Å². The van der Waals surface area contributed by atoms with Crippen molar-refractivity contribution in [1.29, 1.82) is 0 Å². The summed E-state index contributed by atoms with van der Waals surface area (Å²) < 4.78 is 26.9. The number of nitrogens with two attached hydrogens (primary N) is 1. The maximum absolute atomic E-state index is 13.7. The minimum atomic E-state index is -0.478. The third kappa shape index (κ3) is 4.47. The number of anilines is 1. The van der Waals surface area contributed by atoms with Crippen LogP contribution in [0.2, 0.25) is 0 Å². The summed E-state index contributed by atoms with van der Waals surface area (Å²) in [4.78, 5) is 20.2. The Kier molecular flexibility index (Phi) is 5.90. The lowest BCUT2D eigenvalue weighted by atomic mass is 10.1. The second-order valence-corrected chi connectivity index (χ2v) is 6.11. The Morgan fingerprint density at radius 1 is 1.14 bits per heavy atom. The van der Waals surface area contributed by atoms with Gasteiger partial charge < -0.3 is 16.4 Å². The summed E-state index contributed by atoms with van der Waals surface area (Å²) in [5, 5.41) is 5.56. The molecule has 144 valence electrons. The molecule has 3 rings (SSSR count). The Bertz CT molecular complexity index is 1010. The predicted octanol–water partition coefficient (Wildman–Crippen LogP) is 2.65. The monoisotopic (exact) mass is 383 g/mol. The van der Waals surface area contributed by atoms with Gasteiger partial charge in [0.05, 0.1) is 11.9 Å². The van der Waals surface area contributed by atoms with Gasteiger partial charge in [0.25, 0.3) is 5.91 Å². The normalized spacial score (nSPS) is 10.7. The highest BCUT2D eigenvalue weighted by molar-refractivity contribution is 5.96. The van der Waals surface area contributed by atoms with Gasteiger partial charge in [-0.2, -0.15) is 0 Å². The zero-order chi connectivity index (χ0) is 20.1. The second-order valence-electron chi connectivity index (χ2n) is 6.11. The van der Waals surface area contributed by atoms with Crippen LogP contribution in [-0.4, -0.2) is 22.9 Å². The van der Waals surface area contributed by atoms with Crippen molar-refractivity contribution >= 4 is 11.7 Å². The van der Waals surface area contributed by atoms with Gasteiger partial charge in [0.1, 0.15) is 11.6 Å². The van der Waals surface area contributed by atoms with Gasteiger partial charge in [0.15, 0.2) is 11.5 Å². The third-order valence-corrected chi connectivity index (χ3v) is 4.12. The number of nitrogen functional groups attached to an aromatic ring is 1. The standard InChI is InChI=1S/C20H19F2N5O/c1-24-20(28)18-19(23)26-11-17(27-18)13-4-2-3-12(7-13)9-25-10-14-8-15(21)5-6-16(14)22/h2-8,11,25H,9-10H2,1H3,(H2,23,26)(H,24,28). The van der Waals surface area contributed by atoms with E-state index in [1.165, 1.54) is 19.3 Å². The average Bonchev–Trinajstić information content (AvgIpc) is 2.70. The molecule has 0 aliphatic heterocycles. The third-order valence-electron chi connectivity index (χ3n) is 4.12. The molecule has 8 heteroatoms. The molecule has 0 bridgehead atoms. The summed E-state index contributed by atoms with van der Waals surface area (Å²) in [6.07, 6.45) is 1.50. The fraction of sp³-hybridized carbons (Fsp3) is 0.150. The van der Waals surface area contributed by atoms with Crippen molar-refractivity contribution in [3.05, 3.63) is 77.1 Å². The smallest absolute Gasteiger partial charge is 0.273 e. The van der Waals surface area contributed by atoms with Crippen molar-refractivity contribution in [3.8, 4) is 11.3 Å². The van der Waals surface area contributed by atoms with E-state index in [4.69, 9.17) is 5.73 Å². The number of nitrogens with zero attached hydrogens (tertiary/aromatic N) is 2. The van der Waals surface area contributed by atoms with Crippen LogP contribution < -0.4 is 16.4 Å². The maximum Gasteiger partial charge on any atom is 0.273 e. The lowest BCUT2D eigenvalue weighted by molar-refractivity contribution is 0.0959. The second kappa shape index (κ2) is 8.53. The lowest BCUT2D eigenvalue weighted by Crippen LogP contribution is -2.21. The molecule has 1 heterocycles. The number of nitrogens with one attached hydrogen (secondary N) is 2. The Balaban J connectivity index is 1.74. The van der Waals surface area contributed by atoms with E-state index in [0.717, 1.165) is 23.3 Å². The highest BCUT2D eigenvalue weighted by atomic mass is 19.1. The number of halogens is 2. The van der Waals surface area contributed by atoms with Crippen LogP contribution >= 0.6 is 0 Å². The first-order valence-electron chi connectivity index (χ1n) is 8.56. The van der Waals surface area contributed by atoms with Gasteiger partial charge in [-0.15, -0.1) is 0 Å². The van der Waals surface area contributed by atoms with E-state index in [1.54, 1.807) is 0 Å². The van der Waals surface area contributed by atoms with E-state index >= 15 is 0 Å². The number of amides is 1. The Morgan fingerprint density at radius 2 is 1.96 bits per heavy atom. The molecule has 6 nitrogen and oxygen atoms in total. The van der Waals surface area contributed by atoms with Gasteiger partial charge in [-0.1, -0.05) is 18.2 Å². The largest absolute Gasteiger partial charge is 0.382 e. The van der Waals surface area contributed by atoms with Crippen LogP contribution in [0.1, 0.15) is 21.6 Å². The average molecular weight is 383 g/mol. The molecule has 0 radical (unpaired) electrons. The van der Waals surface area contributed by atoms with Gasteiger partial charge in [0, 0.05) is 31.3 Å². The molecule has 0 saturated heterocycles. The van der Waals surface area contributed by atoms with E-state index in [0.29, 0.717) is 12.2 Å². The van der Waals surface area contributed by atoms with Crippen LogP contribution in [0.15, 0.2) is 48.7 Å². The highest BCUT2D eigenvalue weighted by Crippen LogP contribution is 2.20. The molecular weight excluding hydrogens is 364 g/mol. The molecule has 3 aromatic rings. The summed E-state index contributed by atoms with van der Waals surface area (Å²) in [7, 11) is 1.49. The van der Waals surface area contributed by atoms with Crippen LogP contribution in [0.5, 0.6) is 0 Å². The van der Waals surface area contributed by atoms with Crippen LogP contribution in [0.3, 0.4) is 0 Å². The van der Waals surface area contributed by atoms with Crippen molar-refractivity contribution < 1.29 is 13.6 Å². The molecule has 0 unspecified atom stereocenters. The number of carbonyl (C=O) groups is 1. The zero-order valence-corrected chi connectivity index (χ0v) is 15.2. The first kappa shape index (κ1) is 19.4. The molecule has 0 atom stereocenters. The fourth-order valence-corrected chi connectivity index (χ4v) is 2.68. The van der Waals surface area contributed by atoms with E-state index < -0.39 is 17.5 Å². The van der Waals surface area contributed by atoms with Gasteiger partial charge in [-0.25, -0.2) is 18.7 Å². The maximum atomic E-state index is 13.7. The Morgan fingerprint density at radius 3 is 2.75 bits per heavy atom. The number of rotatable bonds is 6. The molecule has 0 spiro atoms. The minimum absolute atomic E-state index is 0.0537. The molecule has 28 heavy (non-hydrogen) atoms. The van der Waals surface area contributed by atoms with Crippen molar-refractivity contribution in [2.24, 2.45) is 0 Å². The number of hydrogen-bond donors (Lipinski definition) is 3. The van der Waals surface area contributed by atoms with E-state index in [2.05, 4.69) is 20.6 Å². The Labute approximate surface area is 160 Å². The number of hydrogen-bond acceptors (Lipinski definition) is 5. The van der Waals surface area contributed by atoms with E-state index in [1.807, 2.05) is 24.3 Å². The quantitative estimate of drug-likeness (QED) is 0.609. The molecule has 4 N–H and O–H groups in total. The van der Waals surface area contributed by atoms with Crippen LogP contribution in [0, 0.1) is 11.6 Å². The molecule has 2 aromatic carbocycles. The van der Waals surface area contributed by atoms with Gasteiger partial charge in [0.2, 0.25) is 0 Å². The summed E-state index contributed by atoms with van der Waals surface area (Å²) in [5.41, 5.74) is 8.21. The highest BCUT2D eigenvalue weighted by Gasteiger charge is 2.13. The summed E-state index contributed by atoms with van der Waals surface area (Å²) in [5.74, 6) is -1.30. The van der Waals surface area contributed by atoms with Crippen LogP contribution in [-0.2, 0) is 13.1 Å².